The van der Waals surface area contributed by atoms with Gasteiger partial charge in [0.05, 0.1) is 5.57 Å². The molecule has 0 saturated heterocycles. The maximum atomic E-state index is 12.6. The summed E-state index contributed by atoms with van der Waals surface area (Å²) in [7, 11) is 0. The summed E-state index contributed by atoms with van der Waals surface area (Å²) in [6, 6.07) is 16.4. The van der Waals surface area contributed by atoms with Crippen LogP contribution in [0.1, 0.15) is 30.9 Å². The van der Waals surface area contributed by atoms with E-state index in [9.17, 15) is 9.59 Å². The van der Waals surface area contributed by atoms with Crippen molar-refractivity contribution in [1.82, 2.24) is 5.32 Å². The molecule has 2 rings (SSSR count). The lowest BCUT2D eigenvalue weighted by molar-refractivity contribution is -0.142. The summed E-state index contributed by atoms with van der Waals surface area (Å²) in [6.07, 6.45) is 3.62. The topological polar surface area (TPSA) is 55.4 Å². The third-order valence-corrected chi connectivity index (χ3v) is 3.92. The number of rotatable bonds is 8. The molecule has 4 nitrogen and oxygen atoms in total. The Kier molecular flexibility index (Phi) is 7.90. The van der Waals surface area contributed by atoms with Crippen molar-refractivity contribution in [2.24, 2.45) is 0 Å². The number of hydrogen-bond donors (Lipinski definition) is 1. The van der Waals surface area contributed by atoms with E-state index in [1.54, 1.807) is 30.3 Å². The van der Waals surface area contributed by atoms with Gasteiger partial charge >= 0.3 is 5.97 Å². The Bertz CT molecular complexity index is 755. The first kappa shape index (κ1) is 19.7. The van der Waals surface area contributed by atoms with Gasteiger partial charge in [-0.25, -0.2) is 4.79 Å². The van der Waals surface area contributed by atoms with E-state index in [2.05, 4.69) is 5.32 Å². The summed E-state index contributed by atoms with van der Waals surface area (Å²) in [5.41, 5.74) is 1.91. The Hall–Kier alpha value is -2.59. The molecule has 0 unspecified atom stereocenters. The fourth-order valence-electron chi connectivity index (χ4n) is 2.27. The van der Waals surface area contributed by atoms with Crippen LogP contribution in [0.5, 0.6) is 0 Å². The Balaban J connectivity index is 2.13. The highest BCUT2D eigenvalue weighted by Crippen LogP contribution is 2.22. The minimum absolute atomic E-state index is 0.303. The van der Waals surface area contributed by atoms with Gasteiger partial charge in [0.2, 0.25) is 0 Å². The predicted molar refractivity (Wildman–Crippen MR) is 105 cm³/mol. The predicted octanol–water partition coefficient (Wildman–Crippen LogP) is 4.34. The van der Waals surface area contributed by atoms with Crippen molar-refractivity contribution in [1.29, 1.82) is 0 Å². The first-order valence-corrected chi connectivity index (χ1v) is 8.94. The number of unbranched alkanes of at least 4 members (excludes halogenated alkanes) is 1. The van der Waals surface area contributed by atoms with E-state index in [1.807, 2.05) is 37.3 Å². The van der Waals surface area contributed by atoms with Gasteiger partial charge in [0.25, 0.3) is 5.91 Å². The highest BCUT2D eigenvalue weighted by Gasteiger charge is 2.15. The second-order valence-electron chi connectivity index (χ2n) is 5.76. The minimum Gasteiger partial charge on any atom is -0.452 e. The van der Waals surface area contributed by atoms with Gasteiger partial charge in [-0.1, -0.05) is 67.4 Å². The van der Waals surface area contributed by atoms with Gasteiger partial charge in [-0.15, -0.1) is 0 Å². The monoisotopic (exact) mass is 371 g/mol. The summed E-state index contributed by atoms with van der Waals surface area (Å²) in [5.74, 6) is -0.858. The normalized spacial score (nSPS) is 11.1. The van der Waals surface area contributed by atoms with Gasteiger partial charge in [0.1, 0.15) is 0 Å². The van der Waals surface area contributed by atoms with Crippen LogP contribution in [-0.4, -0.2) is 25.0 Å². The lowest BCUT2D eigenvalue weighted by atomic mass is 10.0. The first-order valence-electron chi connectivity index (χ1n) is 8.56. The molecule has 136 valence electrons. The van der Waals surface area contributed by atoms with Crippen LogP contribution < -0.4 is 5.32 Å². The highest BCUT2D eigenvalue weighted by molar-refractivity contribution is 6.30. The number of benzene rings is 2. The Morgan fingerprint density at radius 3 is 2.42 bits per heavy atom. The van der Waals surface area contributed by atoms with Gasteiger partial charge in [-0.05, 0) is 35.8 Å². The summed E-state index contributed by atoms with van der Waals surface area (Å²) in [4.78, 5) is 24.3. The standard InChI is InChI=1S/C21H22ClNO3/c1-2-3-13-23-20(24)15-26-21(25)19(14-16-7-5-4-6-8-16)17-9-11-18(22)12-10-17/h4-12,14H,2-3,13,15H2,1H3,(H,23,24)/b19-14+. The number of carbonyl (C=O) groups excluding carboxylic acids is 2. The Labute approximate surface area is 158 Å². The molecule has 0 saturated carbocycles. The fraction of sp³-hybridized carbons (Fsp3) is 0.238. The third-order valence-electron chi connectivity index (χ3n) is 3.67. The van der Waals surface area contributed by atoms with Gasteiger partial charge < -0.3 is 10.1 Å². The van der Waals surface area contributed by atoms with Gasteiger partial charge in [0.15, 0.2) is 6.61 Å². The molecule has 2 aromatic carbocycles. The van der Waals surface area contributed by atoms with Gasteiger partial charge in [-0.3, -0.25) is 4.79 Å². The molecule has 1 N–H and O–H groups in total. The molecule has 0 aliphatic rings. The smallest absolute Gasteiger partial charge is 0.339 e. The largest absolute Gasteiger partial charge is 0.452 e. The van der Waals surface area contributed by atoms with E-state index in [4.69, 9.17) is 16.3 Å². The quantitative estimate of drug-likeness (QED) is 0.325. The maximum Gasteiger partial charge on any atom is 0.339 e. The van der Waals surface area contributed by atoms with Crippen LogP contribution in [0.3, 0.4) is 0 Å². The van der Waals surface area contributed by atoms with Crippen LogP contribution in [0, 0.1) is 0 Å². The molecule has 0 atom stereocenters. The lowest BCUT2D eigenvalue weighted by Crippen LogP contribution is -2.29. The molecular weight excluding hydrogens is 350 g/mol. The molecule has 0 aliphatic carbocycles. The summed E-state index contributed by atoms with van der Waals surface area (Å²) in [6.45, 7) is 2.32. The van der Waals surface area contributed by atoms with Crippen LogP contribution in [0.25, 0.3) is 11.6 Å². The Morgan fingerprint density at radius 1 is 1.08 bits per heavy atom. The maximum absolute atomic E-state index is 12.6. The molecule has 0 aliphatic heterocycles. The van der Waals surface area contributed by atoms with Gasteiger partial charge in [-0.2, -0.15) is 0 Å². The van der Waals surface area contributed by atoms with Crippen molar-refractivity contribution >= 4 is 35.1 Å². The average Bonchev–Trinajstić information content (AvgIpc) is 2.66. The second kappa shape index (κ2) is 10.4. The SMILES string of the molecule is CCCCNC(=O)COC(=O)/C(=C/c1ccccc1)c1ccc(Cl)cc1. The molecule has 1 amide bonds. The van der Waals surface area contributed by atoms with Gasteiger partial charge in [0, 0.05) is 11.6 Å². The van der Waals surface area contributed by atoms with Crippen LogP contribution in [0.4, 0.5) is 0 Å². The molecule has 0 aromatic heterocycles. The number of halogens is 1. The number of ether oxygens (including phenoxy) is 1. The number of amides is 1. The van der Waals surface area contributed by atoms with E-state index < -0.39 is 5.97 Å². The van der Waals surface area contributed by atoms with Crippen molar-refractivity contribution < 1.29 is 14.3 Å². The molecule has 26 heavy (non-hydrogen) atoms. The molecule has 0 spiro atoms. The second-order valence-corrected chi connectivity index (χ2v) is 6.19. The zero-order chi connectivity index (χ0) is 18.8. The molecule has 5 heteroatoms. The van der Waals surface area contributed by atoms with Crippen molar-refractivity contribution in [2.75, 3.05) is 13.2 Å². The average molecular weight is 372 g/mol. The van der Waals surface area contributed by atoms with Crippen molar-refractivity contribution in [3.8, 4) is 0 Å². The molecular formula is C21H22ClNO3. The number of esters is 1. The van der Waals surface area contributed by atoms with E-state index in [0.717, 1.165) is 18.4 Å². The van der Waals surface area contributed by atoms with Crippen LogP contribution in [0.2, 0.25) is 5.02 Å². The molecule has 2 aromatic rings. The molecule has 0 heterocycles. The third kappa shape index (κ3) is 6.37. The molecule has 0 radical (unpaired) electrons. The zero-order valence-corrected chi connectivity index (χ0v) is 15.5. The highest BCUT2D eigenvalue weighted by atomic mass is 35.5. The summed E-state index contributed by atoms with van der Waals surface area (Å²) < 4.78 is 5.20. The molecule has 0 fully saturated rings. The van der Waals surface area contributed by atoms with E-state index in [1.165, 1.54) is 0 Å². The number of carbonyl (C=O) groups is 2. The van der Waals surface area contributed by atoms with Crippen LogP contribution in [-0.2, 0) is 14.3 Å². The van der Waals surface area contributed by atoms with E-state index in [0.29, 0.717) is 22.7 Å². The fourth-order valence-corrected chi connectivity index (χ4v) is 2.40. The number of hydrogen-bond acceptors (Lipinski definition) is 3. The lowest BCUT2D eigenvalue weighted by Gasteiger charge is -2.10. The van der Waals surface area contributed by atoms with Crippen molar-refractivity contribution in [3.63, 3.8) is 0 Å². The minimum atomic E-state index is -0.554. The van der Waals surface area contributed by atoms with Crippen molar-refractivity contribution in [3.05, 3.63) is 70.7 Å². The number of nitrogens with one attached hydrogen (secondary N) is 1. The Morgan fingerprint density at radius 2 is 1.77 bits per heavy atom. The van der Waals surface area contributed by atoms with Crippen molar-refractivity contribution in [2.45, 2.75) is 19.8 Å². The first-order chi connectivity index (χ1) is 12.6. The zero-order valence-electron chi connectivity index (χ0n) is 14.7. The van der Waals surface area contributed by atoms with Crippen LogP contribution >= 0.6 is 11.6 Å². The summed E-state index contributed by atoms with van der Waals surface area (Å²) in [5, 5.41) is 3.30. The van der Waals surface area contributed by atoms with Crippen LogP contribution in [0.15, 0.2) is 54.6 Å². The summed E-state index contributed by atoms with van der Waals surface area (Å²) >= 11 is 5.93. The van der Waals surface area contributed by atoms with E-state index in [-0.39, 0.29) is 12.5 Å². The molecule has 0 bridgehead atoms. The van der Waals surface area contributed by atoms with E-state index >= 15 is 0 Å².